The summed E-state index contributed by atoms with van der Waals surface area (Å²) in [6.45, 7) is 1.33. The van der Waals surface area contributed by atoms with Crippen molar-refractivity contribution in [1.82, 2.24) is 5.01 Å². The summed E-state index contributed by atoms with van der Waals surface area (Å²) >= 11 is 5.89. The standard InChI is InChI=1S/C18H16ClN3O5/c1-12-10-18(24,13-2-4-14(19)5-3-13)21(20-12)17(23)11-27-16-8-6-15(7-9-16)22(25)26/h2-9,24H,10-11H2,1H3/t18-/m0/s1. The molecule has 2 aromatic carbocycles. The number of hydrogen-bond donors (Lipinski definition) is 1. The van der Waals surface area contributed by atoms with Gasteiger partial charge in [0.15, 0.2) is 12.3 Å². The van der Waals surface area contributed by atoms with Gasteiger partial charge in [-0.2, -0.15) is 10.1 Å². The van der Waals surface area contributed by atoms with E-state index in [0.717, 1.165) is 5.01 Å². The van der Waals surface area contributed by atoms with Crippen LogP contribution in [0.5, 0.6) is 5.75 Å². The molecule has 1 N–H and O–H groups in total. The number of nitro groups is 1. The van der Waals surface area contributed by atoms with Gasteiger partial charge in [0.05, 0.1) is 4.92 Å². The van der Waals surface area contributed by atoms with Gasteiger partial charge in [0.25, 0.3) is 11.6 Å². The number of carbonyl (C=O) groups excluding carboxylic acids is 1. The SMILES string of the molecule is CC1=NN(C(=O)COc2ccc([N+](=O)[O-])cc2)[C@@](O)(c2ccc(Cl)cc2)C1. The molecule has 0 fully saturated rings. The van der Waals surface area contributed by atoms with Crippen LogP contribution in [-0.2, 0) is 10.5 Å². The van der Waals surface area contributed by atoms with Gasteiger partial charge >= 0.3 is 0 Å². The molecule has 0 saturated heterocycles. The number of amides is 1. The minimum Gasteiger partial charge on any atom is -0.484 e. The van der Waals surface area contributed by atoms with Crippen LogP contribution in [0.15, 0.2) is 53.6 Å². The first-order valence-electron chi connectivity index (χ1n) is 8.02. The van der Waals surface area contributed by atoms with Crippen molar-refractivity contribution in [3.63, 3.8) is 0 Å². The Kier molecular flexibility index (Phi) is 5.11. The third-order valence-corrected chi connectivity index (χ3v) is 4.33. The van der Waals surface area contributed by atoms with Crippen molar-refractivity contribution in [2.24, 2.45) is 5.10 Å². The number of rotatable bonds is 5. The van der Waals surface area contributed by atoms with Crippen LogP contribution in [0.2, 0.25) is 5.02 Å². The monoisotopic (exact) mass is 389 g/mol. The normalized spacial score (nSPS) is 18.9. The molecule has 0 saturated carbocycles. The number of non-ortho nitro benzene ring substituents is 1. The minimum atomic E-state index is -1.62. The molecular formula is C18H16ClN3O5. The van der Waals surface area contributed by atoms with E-state index >= 15 is 0 Å². The summed E-state index contributed by atoms with van der Waals surface area (Å²) in [5.74, 6) is -0.258. The molecule has 9 heteroatoms. The molecule has 0 bridgehead atoms. The van der Waals surface area contributed by atoms with Crippen LogP contribution in [0, 0.1) is 10.1 Å². The number of halogens is 1. The van der Waals surface area contributed by atoms with Gasteiger partial charge < -0.3 is 9.84 Å². The zero-order chi connectivity index (χ0) is 19.6. The van der Waals surface area contributed by atoms with E-state index in [1.165, 1.54) is 24.3 Å². The average molecular weight is 390 g/mol. The molecule has 140 valence electrons. The summed E-state index contributed by atoms with van der Waals surface area (Å²) in [5, 5.41) is 27.4. The van der Waals surface area contributed by atoms with Crippen LogP contribution in [-0.4, -0.2) is 33.3 Å². The molecule has 0 unspecified atom stereocenters. The number of nitro benzene ring substituents is 1. The lowest BCUT2D eigenvalue weighted by Gasteiger charge is -2.31. The molecular weight excluding hydrogens is 374 g/mol. The second kappa shape index (κ2) is 7.34. The van der Waals surface area contributed by atoms with Crippen LogP contribution >= 0.6 is 11.6 Å². The van der Waals surface area contributed by atoms with Crippen LogP contribution in [0.1, 0.15) is 18.9 Å². The number of ether oxygens (including phenoxy) is 1. The first-order chi connectivity index (χ1) is 12.8. The largest absolute Gasteiger partial charge is 0.484 e. The summed E-state index contributed by atoms with van der Waals surface area (Å²) < 4.78 is 5.38. The van der Waals surface area contributed by atoms with Gasteiger partial charge in [-0.25, -0.2) is 0 Å². The van der Waals surface area contributed by atoms with Crippen molar-refractivity contribution in [1.29, 1.82) is 0 Å². The highest BCUT2D eigenvalue weighted by molar-refractivity contribution is 6.30. The van der Waals surface area contributed by atoms with Gasteiger partial charge in [-0.05, 0) is 31.2 Å². The summed E-state index contributed by atoms with van der Waals surface area (Å²) in [6.07, 6.45) is 0.165. The van der Waals surface area contributed by atoms with Crippen molar-refractivity contribution in [3.8, 4) is 5.75 Å². The van der Waals surface area contributed by atoms with Crippen LogP contribution in [0.4, 0.5) is 5.69 Å². The molecule has 3 rings (SSSR count). The first kappa shape index (κ1) is 18.8. The van der Waals surface area contributed by atoms with E-state index in [2.05, 4.69) is 5.10 Å². The number of hydrazone groups is 1. The highest BCUT2D eigenvalue weighted by atomic mass is 35.5. The number of carbonyl (C=O) groups is 1. The predicted octanol–water partition coefficient (Wildman–Crippen LogP) is 3.08. The Hall–Kier alpha value is -2.97. The molecule has 0 radical (unpaired) electrons. The second-order valence-corrected chi connectivity index (χ2v) is 6.52. The Morgan fingerprint density at radius 1 is 1.30 bits per heavy atom. The molecule has 1 amide bonds. The maximum Gasteiger partial charge on any atom is 0.283 e. The second-order valence-electron chi connectivity index (χ2n) is 6.08. The summed E-state index contributed by atoms with van der Waals surface area (Å²) in [5.41, 5.74) is -0.622. The van der Waals surface area contributed by atoms with Crippen molar-refractivity contribution >= 4 is 28.9 Å². The molecule has 1 aliphatic rings. The predicted molar refractivity (Wildman–Crippen MR) is 98.5 cm³/mol. The number of benzene rings is 2. The van der Waals surface area contributed by atoms with Gasteiger partial charge in [-0.3, -0.25) is 14.9 Å². The molecule has 8 nitrogen and oxygen atoms in total. The zero-order valence-electron chi connectivity index (χ0n) is 14.3. The summed E-state index contributed by atoms with van der Waals surface area (Å²) in [4.78, 5) is 22.7. The third-order valence-electron chi connectivity index (χ3n) is 4.08. The fourth-order valence-corrected chi connectivity index (χ4v) is 2.92. The van der Waals surface area contributed by atoms with E-state index < -0.39 is 16.6 Å². The molecule has 0 aromatic heterocycles. The van der Waals surface area contributed by atoms with E-state index in [1.807, 2.05) is 0 Å². The summed E-state index contributed by atoms with van der Waals surface area (Å²) in [6, 6.07) is 11.9. The Bertz CT molecular complexity index is 898. The highest BCUT2D eigenvalue weighted by Crippen LogP contribution is 2.35. The van der Waals surface area contributed by atoms with Crippen LogP contribution in [0.3, 0.4) is 0 Å². The van der Waals surface area contributed by atoms with Crippen molar-refractivity contribution in [2.75, 3.05) is 6.61 Å². The van der Waals surface area contributed by atoms with E-state index in [4.69, 9.17) is 16.3 Å². The smallest absolute Gasteiger partial charge is 0.283 e. The number of hydrogen-bond acceptors (Lipinski definition) is 6. The van der Waals surface area contributed by atoms with E-state index in [9.17, 15) is 20.0 Å². The van der Waals surface area contributed by atoms with Crippen molar-refractivity contribution in [2.45, 2.75) is 19.1 Å². The third kappa shape index (κ3) is 3.91. The van der Waals surface area contributed by atoms with Gasteiger partial charge in [0.2, 0.25) is 0 Å². The fraction of sp³-hybridized carbons (Fsp3) is 0.222. The van der Waals surface area contributed by atoms with Crippen LogP contribution < -0.4 is 4.74 Å². The number of aliphatic hydroxyl groups is 1. The lowest BCUT2D eigenvalue weighted by molar-refractivity contribution is -0.384. The van der Waals surface area contributed by atoms with E-state index in [0.29, 0.717) is 22.0 Å². The minimum absolute atomic E-state index is 0.0782. The van der Waals surface area contributed by atoms with Gasteiger partial charge in [-0.15, -0.1) is 0 Å². The van der Waals surface area contributed by atoms with E-state index in [1.54, 1.807) is 31.2 Å². The molecule has 2 aromatic rings. The molecule has 27 heavy (non-hydrogen) atoms. The lowest BCUT2D eigenvalue weighted by atomic mass is 9.98. The summed E-state index contributed by atoms with van der Waals surface area (Å²) in [7, 11) is 0. The Morgan fingerprint density at radius 3 is 2.52 bits per heavy atom. The zero-order valence-corrected chi connectivity index (χ0v) is 15.1. The van der Waals surface area contributed by atoms with Crippen molar-refractivity contribution in [3.05, 3.63) is 69.2 Å². The van der Waals surface area contributed by atoms with Gasteiger partial charge in [0.1, 0.15) is 5.75 Å². The molecule has 1 heterocycles. The maximum atomic E-state index is 12.6. The Labute approximate surface area is 159 Å². The molecule has 1 aliphatic heterocycles. The average Bonchev–Trinajstić information content (AvgIpc) is 2.96. The number of nitrogens with zero attached hydrogens (tertiary/aromatic N) is 3. The van der Waals surface area contributed by atoms with Crippen LogP contribution in [0.25, 0.3) is 0 Å². The van der Waals surface area contributed by atoms with Gasteiger partial charge in [-0.1, -0.05) is 23.7 Å². The molecule has 0 aliphatic carbocycles. The van der Waals surface area contributed by atoms with Gasteiger partial charge in [0, 0.05) is 34.9 Å². The molecule has 0 spiro atoms. The Morgan fingerprint density at radius 2 is 1.93 bits per heavy atom. The molecule has 1 atom stereocenters. The topological polar surface area (TPSA) is 105 Å². The van der Waals surface area contributed by atoms with E-state index in [-0.39, 0.29) is 18.7 Å². The highest BCUT2D eigenvalue weighted by Gasteiger charge is 2.44. The van der Waals surface area contributed by atoms with Crippen molar-refractivity contribution < 1.29 is 19.6 Å². The Balaban J connectivity index is 1.73. The lowest BCUT2D eigenvalue weighted by Crippen LogP contribution is -2.45. The fourth-order valence-electron chi connectivity index (χ4n) is 2.79. The quantitative estimate of drug-likeness (QED) is 0.624. The maximum absolute atomic E-state index is 12.6. The first-order valence-corrected chi connectivity index (χ1v) is 8.40.